The van der Waals surface area contributed by atoms with Gasteiger partial charge in [-0.2, -0.15) is 0 Å². The molecule has 0 aliphatic rings. The summed E-state index contributed by atoms with van der Waals surface area (Å²) in [5, 5.41) is 22.3. The van der Waals surface area contributed by atoms with E-state index in [1.165, 1.54) is 0 Å². The molecule has 0 aliphatic heterocycles. The third kappa shape index (κ3) is 5.64. The highest BCUT2D eigenvalue weighted by Gasteiger charge is 2.16. The molecule has 4 N–H and O–H groups in total. The van der Waals surface area contributed by atoms with Crippen molar-refractivity contribution in [3.05, 3.63) is 28.2 Å². The molecule has 21 heavy (non-hydrogen) atoms. The average Bonchev–Trinajstić information content (AvgIpc) is 2.38. The number of aliphatic hydroxyl groups excluding tert-OH is 1. The van der Waals surface area contributed by atoms with E-state index in [1.54, 1.807) is 0 Å². The first-order valence-electron chi connectivity index (χ1n) is 5.87. The Morgan fingerprint density at radius 2 is 1.90 bits per heavy atom. The Morgan fingerprint density at radius 1 is 1.33 bits per heavy atom. The van der Waals surface area contributed by atoms with Crippen molar-refractivity contribution >= 4 is 34.0 Å². The highest BCUT2D eigenvalue weighted by Crippen LogP contribution is 2.24. The molecule has 0 radical (unpaired) electrons. The lowest BCUT2D eigenvalue weighted by molar-refractivity contribution is -0.109. The maximum atomic E-state index is 13.5. The fraction of sp³-hybridized carbons (Fsp3) is 0.333. The Morgan fingerprint density at radius 3 is 2.38 bits per heavy atom. The van der Waals surface area contributed by atoms with Crippen molar-refractivity contribution in [3.63, 3.8) is 0 Å². The predicted molar refractivity (Wildman–Crippen MR) is 73.9 cm³/mol. The number of aldehydes is 1. The van der Waals surface area contributed by atoms with Crippen LogP contribution in [0.2, 0.25) is 0 Å². The quantitative estimate of drug-likeness (QED) is 0.437. The highest BCUT2D eigenvalue weighted by atomic mass is 79.9. The van der Waals surface area contributed by atoms with Gasteiger partial charge in [0, 0.05) is 4.47 Å². The van der Waals surface area contributed by atoms with Crippen molar-refractivity contribution in [3.8, 4) is 0 Å². The van der Waals surface area contributed by atoms with Gasteiger partial charge in [0.25, 0.3) is 0 Å². The molecule has 0 spiro atoms. The first-order valence-corrected chi connectivity index (χ1v) is 6.66. The molecule has 0 heterocycles. The minimum atomic E-state index is -1.38. The summed E-state index contributed by atoms with van der Waals surface area (Å²) in [5.74, 6) is -1.78. The number of carboxylic acid groups (broad SMARTS) is 1. The van der Waals surface area contributed by atoms with E-state index in [4.69, 9.17) is 5.11 Å². The predicted octanol–water partition coefficient (Wildman–Crippen LogP) is 2.07. The van der Waals surface area contributed by atoms with Gasteiger partial charge in [-0.1, -0.05) is 15.9 Å². The van der Waals surface area contributed by atoms with Crippen LogP contribution in [0.15, 0.2) is 16.6 Å². The lowest BCUT2D eigenvalue weighted by Gasteiger charge is -2.17. The molecule has 0 saturated heterocycles. The number of hydrogen-bond donors (Lipinski definition) is 4. The maximum absolute atomic E-state index is 13.5. The van der Waals surface area contributed by atoms with Crippen molar-refractivity contribution in [2.45, 2.75) is 25.1 Å². The molecular weight excluding hydrogens is 354 g/mol. The first kappa shape index (κ1) is 17.3. The van der Waals surface area contributed by atoms with Crippen LogP contribution in [0.1, 0.15) is 12.8 Å². The molecule has 0 aliphatic carbocycles. The molecule has 1 amide bonds. The van der Waals surface area contributed by atoms with E-state index >= 15 is 0 Å². The zero-order chi connectivity index (χ0) is 16.0. The van der Waals surface area contributed by atoms with Crippen LogP contribution >= 0.6 is 15.9 Å². The molecule has 0 fully saturated rings. The Balaban J connectivity index is 2.60. The standard InChI is InChI=1S/C12H13BrF2N2O4/c13-6-3-8(14)11(9(15)4-6)17-10(19)2-1-7(5-18)16-12(20)21/h3-5,7,10,16-17,19H,1-2H2,(H,20,21)/t7-,10+/m1/s1. The summed E-state index contributed by atoms with van der Waals surface area (Å²) in [6.45, 7) is 0. The van der Waals surface area contributed by atoms with E-state index in [9.17, 15) is 23.5 Å². The number of nitrogens with one attached hydrogen (secondary N) is 2. The van der Waals surface area contributed by atoms with Gasteiger partial charge in [-0.05, 0) is 25.0 Å². The maximum Gasteiger partial charge on any atom is 0.405 e. The van der Waals surface area contributed by atoms with Crippen LogP contribution < -0.4 is 10.6 Å². The Labute approximate surface area is 127 Å². The summed E-state index contributed by atoms with van der Waals surface area (Å²) in [7, 11) is 0. The molecule has 116 valence electrons. The van der Waals surface area contributed by atoms with Gasteiger partial charge < -0.3 is 25.6 Å². The van der Waals surface area contributed by atoms with Gasteiger partial charge in [-0.15, -0.1) is 0 Å². The van der Waals surface area contributed by atoms with Crippen LogP contribution in [0.3, 0.4) is 0 Å². The summed E-state index contributed by atoms with van der Waals surface area (Å²) in [5.41, 5.74) is -0.500. The zero-order valence-corrected chi connectivity index (χ0v) is 12.2. The number of carbonyl (C=O) groups is 2. The van der Waals surface area contributed by atoms with Gasteiger partial charge >= 0.3 is 6.09 Å². The molecule has 6 nitrogen and oxygen atoms in total. The van der Waals surface area contributed by atoms with E-state index in [1.807, 2.05) is 5.32 Å². The van der Waals surface area contributed by atoms with Gasteiger partial charge in [-0.3, -0.25) is 0 Å². The van der Waals surface area contributed by atoms with Gasteiger partial charge in [0.2, 0.25) is 0 Å². The summed E-state index contributed by atoms with van der Waals surface area (Å²) < 4.78 is 27.2. The van der Waals surface area contributed by atoms with E-state index in [0.717, 1.165) is 12.1 Å². The van der Waals surface area contributed by atoms with E-state index in [0.29, 0.717) is 6.29 Å². The van der Waals surface area contributed by atoms with E-state index in [2.05, 4.69) is 21.2 Å². The fourth-order valence-corrected chi connectivity index (χ4v) is 1.99. The van der Waals surface area contributed by atoms with Crippen molar-refractivity contribution in [1.82, 2.24) is 5.32 Å². The second kappa shape index (κ2) is 7.89. The average molecular weight is 367 g/mol. The largest absolute Gasteiger partial charge is 0.465 e. The van der Waals surface area contributed by atoms with Crippen LogP contribution in [0.25, 0.3) is 0 Å². The molecule has 1 rings (SSSR count). The number of rotatable bonds is 7. The third-order valence-corrected chi connectivity index (χ3v) is 3.00. The molecule has 9 heteroatoms. The number of benzene rings is 1. The number of halogens is 3. The SMILES string of the molecule is O=C[C@@H](CC[C@H](O)Nc1c(F)cc(Br)cc1F)NC(=O)O. The molecule has 0 unspecified atom stereocenters. The van der Waals surface area contributed by atoms with Crippen LogP contribution in [0.4, 0.5) is 19.3 Å². The Hall–Kier alpha value is -1.74. The number of amides is 1. The van der Waals surface area contributed by atoms with Gasteiger partial charge in [0.05, 0.1) is 6.04 Å². The fourth-order valence-electron chi connectivity index (χ4n) is 1.59. The summed E-state index contributed by atoms with van der Waals surface area (Å²) in [6, 6.07) is 1.05. The number of carbonyl (C=O) groups excluding carboxylic acids is 1. The molecule has 1 aromatic rings. The topological polar surface area (TPSA) is 98.7 Å². The van der Waals surface area contributed by atoms with E-state index < -0.39 is 35.7 Å². The lowest BCUT2D eigenvalue weighted by atomic mass is 10.1. The normalized spacial score (nSPS) is 13.3. The monoisotopic (exact) mass is 366 g/mol. The minimum absolute atomic E-state index is 0.0241. The van der Waals surface area contributed by atoms with E-state index in [-0.39, 0.29) is 17.3 Å². The molecule has 1 aromatic carbocycles. The number of hydrogen-bond acceptors (Lipinski definition) is 4. The van der Waals surface area contributed by atoms with Crippen molar-refractivity contribution in [2.24, 2.45) is 0 Å². The van der Waals surface area contributed by atoms with Crippen LogP contribution in [-0.4, -0.2) is 34.9 Å². The van der Waals surface area contributed by atoms with Gasteiger partial charge in [0.1, 0.15) is 18.2 Å². The summed E-state index contributed by atoms with van der Waals surface area (Å²) in [6.07, 6.45) is -2.45. The highest BCUT2D eigenvalue weighted by molar-refractivity contribution is 9.10. The minimum Gasteiger partial charge on any atom is -0.465 e. The third-order valence-electron chi connectivity index (χ3n) is 2.54. The summed E-state index contributed by atoms with van der Waals surface area (Å²) >= 11 is 2.92. The van der Waals surface area contributed by atoms with Crippen LogP contribution in [0, 0.1) is 11.6 Å². The van der Waals surface area contributed by atoms with Crippen molar-refractivity contribution in [2.75, 3.05) is 5.32 Å². The van der Waals surface area contributed by atoms with Crippen molar-refractivity contribution in [1.29, 1.82) is 0 Å². The molecule has 0 saturated carbocycles. The number of aliphatic hydroxyl groups is 1. The zero-order valence-electron chi connectivity index (χ0n) is 10.6. The van der Waals surface area contributed by atoms with Crippen molar-refractivity contribution < 1.29 is 28.6 Å². The smallest absolute Gasteiger partial charge is 0.405 e. The Kier molecular flexibility index (Phi) is 6.50. The second-order valence-electron chi connectivity index (χ2n) is 4.17. The van der Waals surface area contributed by atoms with Gasteiger partial charge in [0.15, 0.2) is 11.6 Å². The molecule has 2 atom stereocenters. The molecular formula is C12H13BrF2N2O4. The molecule has 0 aromatic heterocycles. The van der Waals surface area contributed by atoms with Crippen LogP contribution in [0.5, 0.6) is 0 Å². The summed E-state index contributed by atoms with van der Waals surface area (Å²) in [4.78, 5) is 21.0. The second-order valence-corrected chi connectivity index (χ2v) is 5.09. The lowest BCUT2D eigenvalue weighted by Crippen LogP contribution is -2.36. The first-order chi connectivity index (χ1) is 9.83. The van der Waals surface area contributed by atoms with Crippen LogP contribution in [-0.2, 0) is 4.79 Å². The number of anilines is 1. The molecule has 0 bridgehead atoms. The Bertz CT molecular complexity index is 507. The van der Waals surface area contributed by atoms with Gasteiger partial charge in [-0.25, -0.2) is 13.6 Å².